The fourth-order valence-corrected chi connectivity index (χ4v) is 4.46. The van der Waals surface area contributed by atoms with E-state index in [4.69, 9.17) is 5.73 Å². The van der Waals surface area contributed by atoms with Crippen LogP contribution in [0.25, 0.3) is 22.3 Å². The Labute approximate surface area is 150 Å². The van der Waals surface area contributed by atoms with Crippen LogP contribution in [0.15, 0.2) is 59.5 Å². The quantitative estimate of drug-likeness (QED) is 0.636. The Morgan fingerprint density at radius 1 is 0.840 bits per heavy atom. The average Bonchev–Trinajstić information content (AvgIpc) is 2.67. The van der Waals surface area contributed by atoms with Crippen LogP contribution in [0.5, 0.6) is 0 Å². The molecule has 3 aromatic carbocycles. The molecule has 4 heteroatoms. The average molecular weight is 339 g/mol. The highest BCUT2D eigenvalue weighted by atomic mass is 32.2. The number of hydrogen-bond acceptors (Lipinski definition) is 4. The molecular weight excluding hydrogens is 326 g/mol. The molecule has 0 fully saturated rings. The largest absolute Gasteiger partial charge is 0.397 e. The zero-order valence-corrected chi connectivity index (χ0v) is 14.1. The van der Waals surface area contributed by atoms with Gasteiger partial charge in [-0.15, -0.1) is 11.8 Å². The van der Waals surface area contributed by atoms with Crippen molar-refractivity contribution in [2.75, 3.05) is 5.73 Å². The highest BCUT2D eigenvalue weighted by Crippen LogP contribution is 2.49. The molecule has 0 amide bonds. The number of thioether (sulfide) groups is 1. The van der Waals surface area contributed by atoms with Crippen molar-refractivity contribution in [1.29, 1.82) is 10.5 Å². The Kier molecular flexibility index (Phi) is 3.69. The van der Waals surface area contributed by atoms with Crippen LogP contribution in [-0.2, 0) is 5.75 Å². The van der Waals surface area contributed by atoms with Crippen molar-refractivity contribution in [2.24, 2.45) is 0 Å². The molecule has 0 saturated heterocycles. The molecule has 4 rings (SSSR count). The molecule has 1 heterocycles. The van der Waals surface area contributed by atoms with Crippen LogP contribution in [0.4, 0.5) is 5.69 Å². The molecule has 2 N–H and O–H groups in total. The van der Waals surface area contributed by atoms with E-state index in [1.807, 2.05) is 48.5 Å². The molecular formula is C21H13N3S. The van der Waals surface area contributed by atoms with Crippen molar-refractivity contribution >= 4 is 17.4 Å². The maximum absolute atomic E-state index is 9.74. The highest BCUT2D eigenvalue weighted by Gasteiger charge is 2.28. The maximum atomic E-state index is 9.74. The Balaban J connectivity index is 2.18. The summed E-state index contributed by atoms with van der Waals surface area (Å²) in [6.45, 7) is 0. The van der Waals surface area contributed by atoms with Crippen LogP contribution >= 0.6 is 11.8 Å². The zero-order valence-electron chi connectivity index (χ0n) is 13.3. The van der Waals surface area contributed by atoms with Crippen LogP contribution in [0.2, 0.25) is 0 Å². The van der Waals surface area contributed by atoms with Crippen molar-refractivity contribution in [2.45, 2.75) is 10.6 Å². The van der Waals surface area contributed by atoms with Crippen molar-refractivity contribution in [3.05, 3.63) is 71.3 Å². The van der Waals surface area contributed by atoms with Gasteiger partial charge in [0.25, 0.3) is 0 Å². The van der Waals surface area contributed by atoms with Gasteiger partial charge < -0.3 is 5.73 Å². The number of benzene rings is 3. The van der Waals surface area contributed by atoms with Crippen LogP contribution in [0.1, 0.15) is 16.7 Å². The number of rotatable bonds is 1. The van der Waals surface area contributed by atoms with Gasteiger partial charge in [-0.25, -0.2) is 0 Å². The van der Waals surface area contributed by atoms with Crippen LogP contribution < -0.4 is 5.73 Å². The minimum Gasteiger partial charge on any atom is -0.397 e. The minimum absolute atomic E-state index is 0.268. The van der Waals surface area contributed by atoms with Crippen molar-refractivity contribution in [1.82, 2.24) is 0 Å². The minimum atomic E-state index is 0.268. The lowest BCUT2D eigenvalue weighted by molar-refractivity contribution is 1.29. The number of nitrogen functional groups attached to an aromatic ring is 1. The van der Waals surface area contributed by atoms with Gasteiger partial charge in [0.1, 0.15) is 12.1 Å². The molecule has 118 valence electrons. The van der Waals surface area contributed by atoms with Crippen molar-refractivity contribution < 1.29 is 0 Å². The van der Waals surface area contributed by atoms with E-state index < -0.39 is 0 Å². The fourth-order valence-electron chi connectivity index (χ4n) is 3.37. The van der Waals surface area contributed by atoms with Gasteiger partial charge >= 0.3 is 0 Å². The summed E-state index contributed by atoms with van der Waals surface area (Å²) in [6.07, 6.45) is 0. The Bertz CT molecular complexity index is 1040. The molecule has 0 aromatic heterocycles. The third kappa shape index (κ3) is 2.28. The number of nitrogens with zero attached hydrogens (tertiary/aromatic N) is 2. The molecule has 0 saturated carbocycles. The van der Waals surface area contributed by atoms with Crippen LogP contribution in [-0.4, -0.2) is 0 Å². The third-order valence-corrected chi connectivity index (χ3v) is 5.56. The molecule has 3 aromatic rings. The maximum Gasteiger partial charge on any atom is 0.102 e. The molecule has 1 aliphatic heterocycles. The van der Waals surface area contributed by atoms with E-state index in [0.29, 0.717) is 16.9 Å². The highest BCUT2D eigenvalue weighted by molar-refractivity contribution is 7.98. The summed E-state index contributed by atoms with van der Waals surface area (Å²) in [5.74, 6) is 0.709. The monoisotopic (exact) mass is 339 g/mol. The summed E-state index contributed by atoms with van der Waals surface area (Å²) in [4.78, 5) is 1.13. The van der Waals surface area contributed by atoms with Gasteiger partial charge in [0.05, 0.1) is 16.8 Å². The Hall–Kier alpha value is -3.21. The predicted molar refractivity (Wildman–Crippen MR) is 101 cm³/mol. The van der Waals surface area contributed by atoms with Gasteiger partial charge in [-0.2, -0.15) is 10.5 Å². The molecule has 1 aliphatic rings. The number of hydrogen-bond donors (Lipinski definition) is 1. The molecule has 25 heavy (non-hydrogen) atoms. The van der Waals surface area contributed by atoms with Crippen LogP contribution in [0, 0.1) is 22.7 Å². The van der Waals surface area contributed by atoms with E-state index in [2.05, 4.69) is 18.2 Å². The van der Waals surface area contributed by atoms with E-state index in [-0.39, 0.29) is 5.69 Å². The smallest absolute Gasteiger partial charge is 0.102 e. The summed E-state index contributed by atoms with van der Waals surface area (Å²) in [7, 11) is 0. The number of anilines is 1. The second kappa shape index (κ2) is 6.02. The number of fused-ring (bicyclic) bond motifs is 3. The summed E-state index contributed by atoms with van der Waals surface area (Å²) in [5.41, 5.74) is 12.0. The topological polar surface area (TPSA) is 73.6 Å². The lowest BCUT2D eigenvalue weighted by atomic mass is 9.84. The number of nitrogens with two attached hydrogens (primary N) is 1. The van der Waals surface area contributed by atoms with E-state index in [9.17, 15) is 10.5 Å². The summed E-state index contributed by atoms with van der Waals surface area (Å²) in [5, 5.41) is 19.5. The van der Waals surface area contributed by atoms with E-state index in [1.54, 1.807) is 11.8 Å². The van der Waals surface area contributed by atoms with E-state index in [0.717, 1.165) is 32.7 Å². The first kappa shape index (κ1) is 15.3. The van der Waals surface area contributed by atoms with Gasteiger partial charge in [-0.1, -0.05) is 48.5 Å². The van der Waals surface area contributed by atoms with Crippen molar-refractivity contribution in [3.63, 3.8) is 0 Å². The summed E-state index contributed by atoms with van der Waals surface area (Å²) >= 11 is 1.72. The molecule has 0 radical (unpaired) electrons. The molecule has 3 nitrogen and oxygen atoms in total. The third-order valence-electron chi connectivity index (χ3n) is 4.46. The fraction of sp³-hybridized carbons (Fsp3) is 0.0476. The molecule has 0 aliphatic carbocycles. The predicted octanol–water partition coefficient (Wildman–Crippen LogP) is 4.95. The van der Waals surface area contributed by atoms with Crippen LogP contribution in [0.3, 0.4) is 0 Å². The van der Waals surface area contributed by atoms with Gasteiger partial charge in [0.2, 0.25) is 0 Å². The van der Waals surface area contributed by atoms with E-state index >= 15 is 0 Å². The van der Waals surface area contributed by atoms with Crippen molar-refractivity contribution in [3.8, 4) is 34.4 Å². The Morgan fingerprint density at radius 2 is 1.48 bits per heavy atom. The van der Waals surface area contributed by atoms with Gasteiger partial charge in [0, 0.05) is 21.8 Å². The molecule has 0 atom stereocenters. The summed E-state index contributed by atoms with van der Waals surface area (Å²) in [6, 6.07) is 22.3. The second-order valence-electron chi connectivity index (χ2n) is 5.77. The first-order chi connectivity index (χ1) is 12.3. The van der Waals surface area contributed by atoms with Gasteiger partial charge in [0.15, 0.2) is 0 Å². The lowest BCUT2D eigenvalue weighted by Gasteiger charge is -2.25. The normalized spacial score (nSPS) is 11.8. The molecule has 0 bridgehead atoms. The zero-order chi connectivity index (χ0) is 17.4. The lowest BCUT2D eigenvalue weighted by Crippen LogP contribution is -2.08. The van der Waals surface area contributed by atoms with Gasteiger partial charge in [-0.3, -0.25) is 0 Å². The number of nitriles is 2. The molecule has 0 spiro atoms. The molecule has 0 unspecified atom stereocenters. The van der Waals surface area contributed by atoms with E-state index in [1.165, 1.54) is 0 Å². The SMILES string of the molecule is N#Cc1c(N)c(C#N)c2c(c1-c1ccccc1)CSc1ccccc1-2. The standard InChI is InChI=1S/C21H13N3S/c22-10-15-19(13-6-2-1-3-7-13)17-12-25-18-9-5-4-8-14(18)20(17)16(11-23)21(15)24/h1-9H,12,24H2. The first-order valence-electron chi connectivity index (χ1n) is 7.82. The Morgan fingerprint density at radius 3 is 2.20 bits per heavy atom. The first-order valence-corrected chi connectivity index (χ1v) is 8.81. The summed E-state index contributed by atoms with van der Waals surface area (Å²) < 4.78 is 0. The second-order valence-corrected chi connectivity index (χ2v) is 6.78. The van der Waals surface area contributed by atoms with Gasteiger partial charge in [-0.05, 0) is 22.8 Å².